The van der Waals surface area contributed by atoms with Gasteiger partial charge in [0.05, 0.1) is 6.10 Å². The van der Waals surface area contributed by atoms with Crippen LogP contribution in [0.4, 0.5) is 0 Å². The van der Waals surface area contributed by atoms with E-state index in [1.165, 1.54) is 18.4 Å². The largest absolute Gasteiger partial charge is 0.390 e. The van der Waals surface area contributed by atoms with Crippen molar-refractivity contribution in [3.63, 3.8) is 0 Å². The van der Waals surface area contributed by atoms with E-state index in [9.17, 15) is 5.11 Å². The molecule has 0 heterocycles. The summed E-state index contributed by atoms with van der Waals surface area (Å²) in [6.07, 6.45) is 4.00. The van der Waals surface area contributed by atoms with Crippen LogP contribution in [0.3, 0.4) is 0 Å². The van der Waals surface area contributed by atoms with Gasteiger partial charge in [-0.3, -0.25) is 4.90 Å². The predicted molar refractivity (Wildman–Crippen MR) is 79.0 cm³/mol. The third-order valence-corrected chi connectivity index (χ3v) is 3.80. The number of aliphatic hydroxyl groups excluding tert-OH is 1. The maximum Gasteiger partial charge on any atom is 0.0821 e. The summed E-state index contributed by atoms with van der Waals surface area (Å²) < 4.78 is 0. The molecule has 1 saturated carbocycles. The molecule has 2 unspecified atom stereocenters. The summed E-state index contributed by atoms with van der Waals surface area (Å²) in [5.74, 6) is 0. The van der Waals surface area contributed by atoms with Crippen molar-refractivity contribution in [3.05, 3.63) is 35.9 Å². The van der Waals surface area contributed by atoms with Gasteiger partial charge in [0.1, 0.15) is 0 Å². The van der Waals surface area contributed by atoms with Gasteiger partial charge < -0.3 is 10.8 Å². The highest BCUT2D eigenvalue weighted by Crippen LogP contribution is 2.27. The van der Waals surface area contributed by atoms with Gasteiger partial charge in [0.15, 0.2) is 0 Å². The molecule has 1 aromatic rings. The van der Waals surface area contributed by atoms with Gasteiger partial charge in [0, 0.05) is 18.6 Å². The number of rotatable bonds is 8. The fourth-order valence-corrected chi connectivity index (χ4v) is 2.55. The van der Waals surface area contributed by atoms with Crippen LogP contribution >= 0.6 is 0 Å². The van der Waals surface area contributed by atoms with Gasteiger partial charge in [-0.1, -0.05) is 37.3 Å². The molecule has 1 aliphatic carbocycles. The van der Waals surface area contributed by atoms with Crippen LogP contribution in [0, 0.1) is 0 Å². The molecule has 0 radical (unpaired) electrons. The monoisotopic (exact) mass is 262 g/mol. The molecule has 0 bridgehead atoms. The zero-order valence-electron chi connectivity index (χ0n) is 11.8. The standard InChI is InChI=1S/C16H26N2O/c1-2-10-18(14-8-9-14)12-16(19)15(17)11-13-6-4-3-5-7-13/h3-7,14-16,19H,2,8-12,17H2,1H3. The SMILES string of the molecule is CCCN(CC(O)C(N)Cc1ccccc1)C1CC1. The van der Waals surface area contributed by atoms with Gasteiger partial charge in [0.25, 0.3) is 0 Å². The summed E-state index contributed by atoms with van der Waals surface area (Å²) in [5.41, 5.74) is 7.33. The molecule has 19 heavy (non-hydrogen) atoms. The number of hydrogen-bond acceptors (Lipinski definition) is 3. The molecule has 0 saturated heterocycles. The Morgan fingerprint density at radius 2 is 2.00 bits per heavy atom. The van der Waals surface area contributed by atoms with Crippen molar-refractivity contribution in [2.45, 2.75) is 50.8 Å². The van der Waals surface area contributed by atoms with Crippen molar-refractivity contribution in [2.75, 3.05) is 13.1 Å². The first-order chi connectivity index (χ1) is 9.20. The summed E-state index contributed by atoms with van der Waals surface area (Å²) in [7, 11) is 0. The molecule has 2 atom stereocenters. The zero-order chi connectivity index (χ0) is 13.7. The minimum absolute atomic E-state index is 0.180. The molecule has 106 valence electrons. The van der Waals surface area contributed by atoms with Gasteiger partial charge in [-0.25, -0.2) is 0 Å². The average molecular weight is 262 g/mol. The van der Waals surface area contributed by atoms with E-state index in [-0.39, 0.29) is 6.04 Å². The molecule has 0 aromatic heterocycles. The van der Waals surface area contributed by atoms with Crippen LogP contribution in [0.5, 0.6) is 0 Å². The lowest BCUT2D eigenvalue weighted by molar-refractivity contribution is 0.0871. The summed E-state index contributed by atoms with van der Waals surface area (Å²) >= 11 is 0. The highest BCUT2D eigenvalue weighted by Gasteiger charge is 2.30. The number of hydrogen-bond donors (Lipinski definition) is 2. The van der Waals surface area contributed by atoms with Crippen molar-refractivity contribution in [3.8, 4) is 0 Å². The quantitative estimate of drug-likeness (QED) is 0.751. The van der Waals surface area contributed by atoms with Gasteiger partial charge in [-0.15, -0.1) is 0 Å². The topological polar surface area (TPSA) is 49.5 Å². The van der Waals surface area contributed by atoms with Crippen molar-refractivity contribution in [2.24, 2.45) is 5.73 Å². The number of aliphatic hydroxyl groups is 1. The highest BCUT2D eigenvalue weighted by molar-refractivity contribution is 5.16. The lowest BCUT2D eigenvalue weighted by Gasteiger charge is -2.27. The van der Waals surface area contributed by atoms with E-state index in [2.05, 4.69) is 24.0 Å². The van der Waals surface area contributed by atoms with Crippen molar-refractivity contribution in [1.82, 2.24) is 4.90 Å². The van der Waals surface area contributed by atoms with Crippen LogP contribution < -0.4 is 5.73 Å². The van der Waals surface area contributed by atoms with Crippen molar-refractivity contribution in [1.29, 1.82) is 0 Å². The van der Waals surface area contributed by atoms with Crippen molar-refractivity contribution < 1.29 is 5.11 Å². The van der Waals surface area contributed by atoms with E-state index in [1.54, 1.807) is 0 Å². The molecule has 0 aliphatic heterocycles. The van der Waals surface area contributed by atoms with Crippen molar-refractivity contribution >= 4 is 0 Å². The minimum atomic E-state index is -0.438. The number of nitrogens with zero attached hydrogens (tertiary/aromatic N) is 1. The van der Waals surface area contributed by atoms with Crippen LogP contribution in [0.1, 0.15) is 31.7 Å². The molecule has 2 rings (SSSR count). The van der Waals surface area contributed by atoms with E-state index in [4.69, 9.17) is 5.73 Å². The lowest BCUT2D eigenvalue weighted by Crippen LogP contribution is -2.45. The first kappa shape index (κ1) is 14.5. The van der Waals surface area contributed by atoms with Crippen LogP contribution in [-0.4, -0.2) is 41.3 Å². The molecule has 0 spiro atoms. The first-order valence-corrected chi connectivity index (χ1v) is 7.42. The Morgan fingerprint density at radius 3 is 2.58 bits per heavy atom. The van der Waals surface area contributed by atoms with Gasteiger partial charge in [-0.2, -0.15) is 0 Å². The van der Waals surface area contributed by atoms with Crippen LogP contribution in [0.25, 0.3) is 0 Å². The molecule has 1 aromatic carbocycles. The van der Waals surface area contributed by atoms with E-state index < -0.39 is 6.10 Å². The highest BCUT2D eigenvalue weighted by atomic mass is 16.3. The fraction of sp³-hybridized carbons (Fsp3) is 0.625. The molecular weight excluding hydrogens is 236 g/mol. The Balaban J connectivity index is 1.82. The summed E-state index contributed by atoms with van der Waals surface area (Å²) in [4.78, 5) is 2.40. The summed E-state index contributed by atoms with van der Waals surface area (Å²) in [6, 6.07) is 10.7. The van der Waals surface area contributed by atoms with Gasteiger partial charge in [-0.05, 0) is 37.8 Å². The maximum atomic E-state index is 10.3. The second-order valence-corrected chi connectivity index (χ2v) is 5.65. The number of benzene rings is 1. The smallest absolute Gasteiger partial charge is 0.0821 e. The predicted octanol–water partition coefficient (Wildman–Crippen LogP) is 1.79. The minimum Gasteiger partial charge on any atom is -0.390 e. The Bertz CT molecular complexity index is 364. The summed E-state index contributed by atoms with van der Waals surface area (Å²) in [6.45, 7) is 3.97. The molecule has 1 aliphatic rings. The zero-order valence-corrected chi connectivity index (χ0v) is 11.8. The van der Waals surface area contributed by atoms with E-state index in [1.807, 2.05) is 18.2 Å². The van der Waals surface area contributed by atoms with Crippen LogP contribution in [0.15, 0.2) is 30.3 Å². The Labute approximate surface area is 116 Å². The lowest BCUT2D eigenvalue weighted by atomic mass is 10.0. The molecule has 3 N–H and O–H groups in total. The fourth-order valence-electron chi connectivity index (χ4n) is 2.55. The Morgan fingerprint density at radius 1 is 1.32 bits per heavy atom. The second kappa shape index (κ2) is 7.04. The van der Waals surface area contributed by atoms with E-state index in [0.717, 1.165) is 19.4 Å². The first-order valence-electron chi connectivity index (χ1n) is 7.42. The van der Waals surface area contributed by atoms with Gasteiger partial charge in [0.2, 0.25) is 0 Å². The molecule has 1 fully saturated rings. The third kappa shape index (κ3) is 4.60. The van der Waals surface area contributed by atoms with E-state index >= 15 is 0 Å². The van der Waals surface area contributed by atoms with E-state index in [0.29, 0.717) is 12.6 Å². The Kier molecular flexibility index (Phi) is 5.37. The molecular formula is C16H26N2O. The average Bonchev–Trinajstić information content (AvgIpc) is 3.23. The summed E-state index contributed by atoms with van der Waals surface area (Å²) in [5, 5.41) is 10.3. The Hall–Kier alpha value is -0.900. The molecule has 0 amide bonds. The third-order valence-electron chi connectivity index (χ3n) is 3.80. The molecule has 3 nitrogen and oxygen atoms in total. The van der Waals surface area contributed by atoms with Crippen LogP contribution in [-0.2, 0) is 6.42 Å². The van der Waals surface area contributed by atoms with Crippen LogP contribution in [0.2, 0.25) is 0 Å². The second-order valence-electron chi connectivity index (χ2n) is 5.65. The normalized spacial score (nSPS) is 18.5. The van der Waals surface area contributed by atoms with Gasteiger partial charge >= 0.3 is 0 Å². The maximum absolute atomic E-state index is 10.3. The molecule has 3 heteroatoms. The number of nitrogens with two attached hydrogens (primary N) is 1.